The van der Waals surface area contributed by atoms with Gasteiger partial charge >= 0.3 is 5.97 Å². The van der Waals surface area contributed by atoms with Crippen molar-refractivity contribution in [2.45, 2.75) is 38.0 Å². The molecule has 0 fully saturated rings. The van der Waals surface area contributed by atoms with E-state index in [1.807, 2.05) is 0 Å². The van der Waals surface area contributed by atoms with E-state index in [2.05, 4.69) is 16.6 Å². The summed E-state index contributed by atoms with van der Waals surface area (Å²) in [7, 11) is 1.48. The van der Waals surface area contributed by atoms with Crippen molar-refractivity contribution in [1.82, 2.24) is 10.6 Å². The van der Waals surface area contributed by atoms with Gasteiger partial charge in [-0.2, -0.15) is 11.8 Å². The summed E-state index contributed by atoms with van der Waals surface area (Å²) in [5, 5.41) is 16.3. The van der Waals surface area contributed by atoms with Crippen LogP contribution in [0.5, 0.6) is 11.5 Å². The predicted octanol–water partition coefficient (Wildman–Crippen LogP) is 2.32. The quantitative estimate of drug-likeness (QED) is 0.367. The number of methoxy groups -OCH3 is 1. The second-order valence-corrected chi connectivity index (χ2v) is 8.25. The van der Waals surface area contributed by atoms with Crippen molar-refractivity contribution in [2.24, 2.45) is 0 Å². The van der Waals surface area contributed by atoms with Crippen LogP contribution < -0.4 is 15.4 Å². The molecule has 9 heteroatoms. The van der Waals surface area contributed by atoms with Crippen molar-refractivity contribution in [1.29, 1.82) is 0 Å². The number of fused-ring (bicyclic) bond motifs is 1. The van der Waals surface area contributed by atoms with Crippen LogP contribution in [0, 0.1) is 19.3 Å². The molecule has 7 nitrogen and oxygen atoms in total. The Kier molecular flexibility index (Phi) is 9.27. The number of terminal acetylenes is 1. The second kappa shape index (κ2) is 11.7. The lowest BCUT2D eigenvalue weighted by molar-refractivity contribution is -0.122. The highest BCUT2D eigenvalue weighted by Gasteiger charge is 2.25. The number of cyclic esters (lactones) is 1. The fourth-order valence-electron chi connectivity index (χ4n) is 3.05. The zero-order chi connectivity index (χ0) is 22.1. The average Bonchev–Trinajstić information content (AvgIpc) is 2.72. The van der Waals surface area contributed by atoms with Crippen LogP contribution in [0.3, 0.4) is 0 Å². The molecule has 0 aliphatic carbocycles. The number of amides is 1. The summed E-state index contributed by atoms with van der Waals surface area (Å²) >= 11 is 6.74. The molecule has 0 radical (unpaired) electrons. The van der Waals surface area contributed by atoms with Crippen LogP contribution in [0.1, 0.15) is 40.7 Å². The van der Waals surface area contributed by atoms with Crippen molar-refractivity contribution in [3.05, 3.63) is 22.8 Å². The topological polar surface area (TPSA) is 96.9 Å². The molecule has 1 amide bonds. The molecule has 30 heavy (non-hydrogen) atoms. The lowest BCUT2D eigenvalue weighted by atomic mass is 10.0. The number of phenols is 1. The highest BCUT2D eigenvalue weighted by atomic mass is 32.2. The number of thioether (sulfide) groups is 1. The third-order valence-corrected chi connectivity index (χ3v) is 6.01. The summed E-state index contributed by atoms with van der Waals surface area (Å²) in [6.07, 6.45) is 7.15. The maximum atomic E-state index is 12.8. The van der Waals surface area contributed by atoms with E-state index in [0.29, 0.717) is 58.2 Å². The number of carbonyl (C=O) groups is 2. The first-order chi connectivity index (χ1) is 14.4. The minimum absolute atomic E-state index is 0.0548. The van der Waals surface area contributed by atoms with Gasteiger partial charge in [0.15, 0.2) is 0 Å². The fourth-order valence-corrected chi connectivity index (χ4v) is 4.42. The Labute approximate surface area is 186 Å². The van der Waals surface area contributed by atoms with Crippen molar-refractivity contribution in [3.8, 4) is 23.8 Å². The van der Waals surface area contributed by atoms with Crippen molar-refractivity contribution in [2.75, 3.05) is 26.0 Å². The maximum absolute atomic E-state index is 12.8. The molecule has 1 aliphatic rings. The van der Waals surface area contributed by atoms with E-state index in [0.717, 1.165) is 0 Å². The van der Waals surface area contributed by atoms with E-state index < -0.39 is 12.0 Å². The van der Waals surface area contributed by atoms with Gasteiger partial charge in [-0.25, -0.2) is 4.79 Å². The SMILES string of the molecule is C#CCNC(=O)[C@@H]1CSCc2c(O)cc(OC)c(C)c2C(=O)OCCCCC(=S)N1. The molecule has 1 heterocycles. The molecular weight excluding hydrogens is 424 g/mol. The van der Waals surface area contributed by atoms with E-state index in [1.165, 1.54) is 24.9 Å². The van der Waals surface area contributed by atoms with Gasteiger partial charge in [-0.3, -0.25) is 4.79 Å². The number of hydrogen-bond acceptors (Lipinski definition) is 7. The monoisotopic (exact) mass is 450 g/mol. The van der Waals surface area contributed by atoms with Gasteiger partial charge < -0.3 is 25.2 Å². The third kappa shape index (κ3) is 6.28. The van der Waals surface area contributed by atoms with E-state index in [9.17, 15) is 14.7 Å². The van der Waals surface area contributed by atoms with Crippen LogP contribution in [0.2, 0.25) is 0 Å². The Balaban J connectivity index is 2.32. The molecule has 1 aromatic rings. The molecule has 2 rings (SSSR count). The number of phenolic OH excluding ortho intramolecular Hbond substituents is 1. The number of ether oxygens (including phenoxy) is 2. The fraction of sp³-hybridized carbons (Fsp3) is 0.476. The van der Waals surface area contributed by atoms with Gasteiger partial charge in [0.1, 0.15) is 17.5 Å². The lowest BCUT2D eigenvalue weighted by Crippen LogP contribution is -2.48. The van der Waals surface area contributed by atoms with Gasteiger partial charge in [0.2, 0.25) is 5.91 Å². The molecule has 0 spiro atoms. The van der Waals surface area contributed by atoms with Gasteiger partial charge in [0, 0.05) is 28.7 Å². The smallest absolute Gasteiger partial charge is 0.338 e. The number of hydrogen-bond donors (Lipinski definition) is 3. The molecule has 1 atom stereocenters. The first-order valence-electron chi connectivity index (χ1n) is 9.53. The lowest BCUT2D eigenvalue weighted by Gasteiger charge is -2.21. The number of nitrogens with one attached hydrogen (secondary N) is 2. The van der Waals surface area contributed by atoms with Crippen LogP contribution >= 0.6 is 24.0 Å². The first-order valence-corrected chi connectivity index (χ1v) is 11.1. The second-order valence-electron chi connectivity index (χ2n) is 6.73. The van der Waals surface area contributed by atoms with Crippen LogP contribution in [0.15, 0.2) is 6.07 Å². The van der Waals surface area contributed by atoms with Crippen LogP contribution in [-0.4, -0.2) is 54.0 Å². The number of carbonyl (C=O) groups excluding carboxylic acids is 2. The summed E-state index contributed by atoms with van der Waals surface area (Å²) in [6.45, 7) is 2.11. The Bertz CT molecular complexity index is 851. The molecule has 162 valence electrons. The molecule has 0 saturated heterocycles. The average molecular weight is 451 g/mol. The molecule has 0 saturated carbocycles. The maximum Gasteiger partial charge on any atom is 0.338 e. The number of thiocarbonyl (C=S) groups is 1. The highest BCUT2D eigenvalue weighted by molar-refractivity contribution is 7.98. The van der Waals surface area contributed by atoms with E-state index in [-0.39, 0.29) is 24.8 Å². The molecule has 0 bridgehead atoms. The summed E-state index contributed by atoms with van der Waals surface area (Å²) in [5.41, 5.74) is 1.35. The van der Waals surface area contributed by atoms with Crippen LogP contribution in [0.4, 0.5) is 0 Å². The summed E-state index contributed by atoms with van der Waals surface area (Å²) < 4.78 is 10.7. The molecule has 3 N–H and O–H groups in total. The molecule has 0 aromatic heterocycles. The van der Waals surface area contributed by atoms with E-state index >= 15 is 0 Å². The third-order valence-electron chi connectivity index (χ3n) is 4.63. The van der Waals surface area contributed by atoms with Crippen molar-refractivity contribution >= 4 is 40.8 Å². The Morgan fingerprint density at radius 1 is 1.53 bits per heavy atom. The van der Waals surface area contributed by atoms with Gasteiger partial charge in [-0.15, -0.1) is 6.42 Å². The molecular formula is C21H26N2O5S2. The van der Waals surface area contributed by atoms with Gasteiger partial charge in [0.05, 0.1) is 30.8 Å². The highest BCUT2D eigenvalue weighted by Crippen LogP contribution is 2.35. The Morgan fingerprint density at radius 3 is 3.00 bits per heavy atom. The largest absolute Gasteiger partial charge is 0.507 e. The Morgan fingerprint density at radius 2 is 2.30 bits per heavy atom. The standard InChI is InChI=1S/C21H26N2O5S2/c1-4-8-22-20(25)15-12-30-11-14-16(24)10-17(27-3)13(2)19(14)21(26)28-9-6-5-7-18(29)23-15/h1,10,15,24H,5-9,11-12H2,2-3H3,(H,22,25)(H,23,29)/t15-/m0/s1. The van der Waals surface area contributed by atoms with Crippen LogP contribution in [0.25, 0.3) is 0 Å². The number of rotatable bonds is 3. The zero-order valence-corrected chi connectivity index (χ0v) is 18.7. The minimum Gasteiger partial charge on any atom is -0.507 e. The van der Waals surface area contributed by atoms with E-state index in [1.54, 1.807) is 6.92 Å². The number of aromatic hydroxyl groups is 1. The van der Waals surface area contributed by atoms with Crippen LogP contribution in [-0.2, 0) is 15.3 Å². The summed E-state index contributed by atoms with van der Waals surface area (Å²) in [5.74, 6) is 2.66. The molecule has 0 unspecified atom stereocenters. The molecule has 1 aromatic carbocycles. The normalized spacial score (nSPS) is 18.1. The van der Waals surface area contributed by atoms with Gasteiger partial charge in [0.25, 0.3) is 0 Å². The summed E-state index contributed by atoms with van der Waals surface area (Å²) in [6, 6.07) is 0.908. The Hall–Kier alpha value is -2.44. The summed E-state index contributed by atoms with van der Waals surface area (Å²) in [4.78, 5) is 25.8. The van der Waals surface area contributed by atoms with Gasteiger partial charge in [-0.1, -0.05) is 18.1 Å². The van der Waals surface area contributed by atoms with Gasteiger partial charge in [-0.05, 0) is 26.2 Å². The van der Waals surface area contributed by atoms with Crippen molar-refractivity contribution in [3.63, 3.8) is 0 Å². The predicted molar refractivity (Wildman–Crippen MR) is 121 cm³/mol. The zero-order valence-electron chi connectivity index (χ0n) is 17.1. The minimum atomic E-state index is -0.573. The van der Waals surface area contributed by atoms with E-state index in [4.69, 9.17) is 28.1 Å². The number of benzene rings is 1. The first kappa shape index (κ1) is 23.8. The van der Waals surface area contributed by atoms with Crippen molar-refractivity contribution < 1.29 is 24.2 Å². The molecule has 1 aliphatic heterocycles. The number of esters is 1.